The van der Waals surface area contributed by atoms with E-state index in [0.717, 1.165) is 12.8 Å². The zero-order valence-electron chi connectivity index (χ0n) is 8.48. The summed E-state index contributed by atoms with van der Waals surface area (Å²) in [5, 5.41) is -0.0283. The molecule has 0 aromatic carbocycles. The zero-order chi connectivity index (χ0) is 10.3. The summed E-state index contributed by atoms with van der Waals surface area (Å²) in [5.41, 5.74) is -0.0853. The van der Waals surface area contributed by atoms with Gasteiger partial charge in [-0.25, -0.2) is 0 Å². The molecule has 2 aliphatic rings. The summed E-state index contributed by atoms with van der Waals surface area (Å²) in [6, 6.07) is 0. The average molecular weight is 239 g/mol. The first-order chi connectivity index (χ1) is 6.62. The Morgan fingerprint density at radius 1 is 1.21 bits per heavy atom. The third-order valence-electron chi connectivity index (χ3n) is 3.65. The zero-order valence-corrected chi connectivity index (χ0v) is 10.1. The molecular weight excluding hydrogens is 223 g/mol. The van der Waals surface area contributed by atoms with Crippen molar-refractivity contribution in [3.63, 3.8) is 0 Å². The second-order valence-electron chi connectivity index (χ2n) is 4.17. The lowest BCUT2D eigenvalue weighted by atomic mass is 10.00. The van der Waals surface area contributed by atoms with Gasteiger partial charge in [0.2, 0.25) is 0 Å². The molecule has 0 heterocycles. The summed E-state index contributed by atoms with van der Waals surface area (Å²) in [7, 11) is -0.0705. The quantitative estimate of drug-likeness (QED) is 0.560. The van der Waals surface area contributed by atoms with Crippen molar-refractivity contribution in [2.45, 2.75) is 30.3 Å². The van der Waals surface area contributed by atoms with E-state index in [4.69, 9.17) is 20.6 Å². The van der Waals surface area contributed by atoms with E-state index in [9.17, 15) is 4.57 Å². The van der Waals surface area contributed by atoms with Crippen LogP contribution >= 0.6 is 19.2 Å². The van der Waals surface area contributed by atoms with Crippen LogP contribution in [0.3, 0.4) is 0 Å². The Morgan fingerprint density at radius 2 is 1.79 bits per heavy atom. The number of hydrogen-bond acceptors (Lipinski definition) is 3. The van der Waals surface area contributed by atoms with Crippen molar-refractivity contribution in [3.8, 4) is 0 Å². The Morgan fingerprint density at radius 3 is 2.21 bits per heavy atom. The highest BCUT2D eigenvalue weighted by Crippen LogP contribution is 2.65. The molecule has 82 valence electrons. The third kappa shape index (κ3) is 1.46. The van der Waals surface area contributed by atoms with Crippen LogP contribution in [0, 0.1) is 11.8 Å². The molecule has 5 heteroatoms. The minimum Gasteiger partial charge on any atom is -0.312 e. The molecule has 3 nitrogen and oxygen atoms in total. The van der Waals surface area contributed by atoms with Crippen LogP contribution in [0.2, 0.25) is 0 Å². The first-order valence-corrected chi connectivity index (χ1v) is 7.02. The highest BCUT2D eigenvalue weighted by molar-refractivity contribution is 7.54. The summed E-state index contributed by atoms with van der Waals surface area (Å²) in [6.07, 6.45) is 3.38. The van der Waals surface area contributed by atoms with Crippen LogP contribution in [-0.4, -0.2) is 25.3 Å². The summed E-state index contributed by atoms with van der Waals surface area (Å²) in [5.74, 6) is 0.957. The molecule has 4 atom stereocenters. The lowest BCUT2D eigenvalue weighted by Gasteiger charge is -2.30. The largest absolute Gasteiger partial charge is 0.334 e. The molecule has 2 rings (SSSR count). The van der Waals surface area contributed by atoms with E-state index >= 15 is 0 Å². The van der Waals surface area contributed by atoms with Crippen molar-refractivity contribution in [2.24, 2.45) is 11.8 Å². The van der Waals surface area contributed by atoms with Crippen LogP contribution in [0.4, 0.5) is 0 Å². The fraction of sp³-hybridized carbons (Fsp3) is 1.00. The minimum atomic E-state index is -2.96. The first kappa shape index (κ1) is 10.9. The topological polar surface area (TPSA) is 35.5 Å². The minimum absolute atomic E-state index is 0.0283. The normalized spacial score (nSPS) is 41.9. The molecule has 0 amide bonds. The van der Waals surface area contributed by atoms with Gasteiger partial charge in [0.15, 0.2) is 0 Å². The molecule has 0 aliphatic heterocycles. The number of alkyl halides is 1. The molecule has 0 radical (unpaired) electrons. The highest BCUT2D eigenvalue weighted by atomic mass is 35.5. The molecule has 0 saturated heterocycles. The van der Waals surface area contributed by atoms with Crippen molar-refractivity contribution in [1.82, 2.24) is 0 Å². The molecular formula is C9H16ClO3P. The van der Waals surface area contributed by atoms with Gasteiger partial charge in [0.05, 0.1) is 11.0 Å². The molecule has 2 fully saturated rings. The molecule has 0 spiro atoms. The van der Waals surface area contributed by atoms with Crippen molar-refractivity contribution in [1.29, 1.82) is 0 Å². The Kier molecular flexibility index (Phi) is 2.96. The van der Waals surface area contributed by atoms with Gasteiger partial charge in [0.25, 0.3) is 0 Å². The SMILES string of the molecule is COP(=O)(OC)[C@@H]1[C@H]2CC[C@H](C2)[C@H]1Cl. The number of halogens is 1. The van der Waals surface area contributed by atoms with Crippen molar-refractivity contribution in [3.05, 3.63) is 0 Å². The second-order valence-corrected chi connectivity index (χ2v) is 7.08. The Bertz CT molecular complexity index is 261. The smallest absolute Gasteiger partial charge is 0.312 e. The van der Waals surface area contributed by atoms with Gasteiger partial charge in [-0.2, -0.15) is 0 Å². The maximum absolute atomic E-state index is 12.2. The molecule has 2 saturated carbocycles. The maximum Gasteiger partial charge on any atom is 0.334 e. The van der Waals surface area contributed by atoms with Crippen LogP contribution in [0.15, 0.2) is 0 Å². The van der Waals surface area contributed by atoms with Gasteiger partial charge in [-0.3, -0.25) is 4.57 Å². The van der Waals surface area contributed by atoms with E-state index in [2.05, 4.69) is 0 Å². The van der Waals surface area contributed by atoms with Crippen LogP contribution in [0.25, 0.3) is 0 Å². The van der Waals surface area contributed by atoms with Gasteiger partial charge in [0, 0.05) is 14.2 Å². The van der Waals surface area contributed by atoms with Gasteiger partial charge in [-0.05, 0) is 31.1 Å². The van der Waals surface area contributed by atoms with E-state index in [-0.39, 0.29) is 11.0 Å². The van der Waals surface area contributed by atoms with Crippen LogP contribution in [-0.2, 0) is 13.6 Å². The Labute approximate surface area is 89.6 Å². The standard InChI is InChI=1S/C9H16ClO3P/c1-12-14(11,13-2)9-7-4-3-6(5-7)8(9)10/h6-9H,3-5H2,1-2H3/t6-,7+,8-,9-/m1/s1. The van der Waals surface area contributed by atoms with Gasteiger partial charge in [-0.15, -0.1) is 11.6 Å². The van der Waals surface area contributed by atoms with Crippen LogP contribution in [0.1, 0.15) is 19.3 Å². The van der Waals surface area contributed by atoms with Crippen LogP contribution in [0.5, 0.6) is 0 Å². The van der Waals surface area contributed by atoms with Crippen molar-refractivity contribution in [2.75, 3.05) is 14.2 Å². The summed E-state index contributed by atoms with van der Waals surface area (Å²) < 4.78 is 22.3. The molecule has 0 N–H and O–H groups in total. The highest BCUT2D eigenvalue weighted by Gasteiger charge is 2.55. The number of fused-ring (bicyclic) bond motifs is 2. The van der Waals surface area contributed by atoms with Gasteiger partial charge in [0.1, 0.15) is 0 Å². The predicted octanol–water partition coefficient (Wildman–Crippen LogP) is 2.88. The van der Waals surface area contributed by atoms with E-state index in [1.54, 1.807) is 0 Å². The maximum atomic E-state index is 12.2. The predicted molar refractivity (Wildman–Crippen MR) is 55.9 cm³/mol. The van der Waals surface area contributed by atoms with Crippen molar-refractivity contribution >= 4 is 19.2 Å². The lowest BCUT2D eigenvalue weighted by molar-refractivity contribution is 0.253. The molecule has 2 aliphatic carbocycles. The molecule has 0 aromatic rings. The van der Waals surface area contributed by atoms with E-state index in [0.29, 0.717) is 11.8 Å². The van der Waals surface area contributed by atoms with Crippen LogP contribution < -0.4 is 0 Å². The average Bonchev–Trinajstić information content (AvgIpc) is 2.77. The number of rotatable bonds is 3. The Hall–Kier alpha value is 0.440. The van der Waals surface area contributed by atoms with Gasteiger partial charge < -0.3 is 9.05 Å². The monoisotopic (exact) mass is 238 g/mol. The lowest BCUT2D eigenvalue weighted by Crippen LogP contribution is -2.29. The molecule has 0 unspecified atom stereocenters. The summed E-state index contributed by atoms with van der Waals surface area (Å²) >= 11 is 6.28. The third-order valence-corrected chi connectivity index (χ3v) is 6.94. The van der Waals surface area contributed by atoms with E-state index in [1.807, 2.05) is 0 Å². The molecule has 14 heavy (non-hydrogen) atoms. The summed E-state index contributed by atoms with van der Waals surface area (Å²) in [4.78, 5) is 0. The van der Waals surface area contributed by atoms with Gasteiger partial charge >= 0.3 is 7.60 Å². The van der Waals surface area contributed by atoms with E-state index < -0.39 is 7.60 Å². The second kappa shape index (κ2) is 3.79. The fourth-order valence-corrected chi connectivity index (χ4v) is 5.81. The van der Waals surface area contributed by atoms with Crippen molar-refractivity contribution < 1.29 is 13.6 Å². The van der Waals surface area contributed by atoms with Gasteiger partial charge in [-0.1, -0.05) is 0 Å². The summed E-state index contributed by atoms with van der Waals surface area (Å²) in [6.45, 7) is 0. The molecule has 0 aromatic heterocycles. The number of hydrogen-bond donors (Lipinski definition) is 0. The van der Waals surface area contributed by atoms with E-state index in [1.165, 1.54) is 20.6 Å². The first-order valence-electron chi connectivity index (χ1n) is 4.97. The fourth-order valence-electron chi connectivity index (χ4n) is 2.94. The Balaban J connectivity index is 2.22. The molecule has 2 bridgehead atoms.